The van der Waals surface area contributed by atoms with E-state index in [4.69, 9.17) is 0 Å². The van der Waals surface area contributed by atoms with Crippen molar-refractivity contribution in [2.75, 3.05) is 7.11 Å². The lowest BCUT2D eigenvalue weighted by Gasteiger charge is -2.12. The Kier molecular flexibility index (Phi) is 4.38. The number of rotatable bonds is 3. The van der Waals surface area contributed by atoms with E-state index >= 15 is 0 Å². The predicted molar refractivity (Wildman–Crippen MR) is 57.7 cm³/mol. The van der Waals surface area contributed by atoms with Crippen LogP contribution in [0.4, 0.5) is 13.2 Å². The molecular weight excluding hydrogens is 323 g/mol. The number of aromatic nitrogens is 1. The molecule has 1 heterocycles. The molecule has 1 N–H and O–H groups in total. The fraction of sp³-hybridized carbons (Fsp3) is 0.333. The van der Waals surface area contributed by atoms with Gasteiger partial charge in [-0.1, -0.05) is 15.9 Å². The molecule has 0 fully saturated rings. The number of ether oxygens (including phenoxy) is 2. The first-order valence-electron chi connectivity index (χ1n) is 4.44. The first-order valence-corrected chi connectivity index (χ1v) is 5.57. The molecule has 0 aliphatic rings. The number of carbonyl (C=O) groups is 1. The number of halogens is 4. The van der Waals surface area contributed by atoms with Crippen LogP contribution in [0.2, 0.25) is 0 Å². The highest BCUT2D eigenvalue weighted by Gasteiger charge is 2.33. The van der Waals surface area contributed by atoms with Crippen molar-refractivity contribution in [3.05, 3.63) is 27.7 Å². The van der Waals surface area contributed by atoms with Gasteiger partial charge in [0.2, 0.25) is 5.43 Å². The average Bonchev–Trinajstić information content (AvgIpc) is 2.28. The minimum Gasteiger partial charge on any atom is -0.464 e. The zero-order valence-corrected chi connectivity index (χ0v) is 10.5. The van der Waals surface area contributed by atoms with E-state index in [1.165, 1.54) is 0 Å². The number of methoxy groups -OCH3 is 1. The lowest BCUT2D eigenvalue weighted by molar-refractivity contribution is -0.275. The lowest BCUT2D eigenvalue weighted by Crippen LogP contribution is -2.24. The van der Waals surface area contributed by atoms with E-state index in [1.807, 2.05) is 0 Å². The molecule has 0 saturated carbocycles. The van der Waals surface area contributed by atoms with E-state index in [-0.39, 0.29) is 16.7 Å². The van der Waals surface area contributed by atoms with Crippen molar-refractivity contribution < 1.29 is 27.4 Å². The second kappa shape index (κ2) is 5.42. The van der Waals surface area contributed by atoms with Crippen molar-refractivity contribution in [3.8, 4) is 5.75 Å². The van der Waals surface area contributed by atoms with Crippen molar-refractivity contribution in [2.45, 2.75) is 11.7 Å². The van der Waals surface area contributed by atoms with Crippen LogP contribution in [0.1, 0.15) is 16.2 Å². The van der Waals surface area contributed by atoms with Gasteiger partial charge in [0.05, 0.1) is 12.8 Å². The van der Waals surface area contributed by atoms with Crippen molar-refractivity contribution >= 4 is 21.9 Å². The molecule has 0 atom stereocenters. The molecule has 1 rings (SSSR count). The minimum absolute atomic E-state index is 0.127. The summed E-state index contributed by atoms with van der Waals surface area (Å²) in [6.07, 6.45) is -4.99. The maximum absolute atomic E-state index is 12.1. The van der Waals surface area contributed by atoms with Gasteiger partial charge in [0.1, 0.15) is 5.69 Å². The molecule has 0 saturated heterocycles. The Labute approximate surface area is 107 Å². The Morgan fingerprint density at radius 2 is 2.11 bits per heavy atom. The number of H-pyrrole nitrogens is 1. The van der Waals surface area contributed by atoms with Gasteiger partial charge in [-0.05, 0) is 0 Å². The Hall–Kier alpha value is -1.51. The third kappa shape index (κ3) is 3.49. The van der Waals surface area contributed by atoms with Crippen molar-refractivity contribution in [1.29, 1.82) is 0 Å². The van der Waals surface area contributed by atoms with Gasteiger partial charge in [-0.25, -0.2) is 4.79 Å². The largest absolute Gasteiger partial charge is 0.573 e. The molecule has 100 valence electrons. The van der Waals surface area contributed by atoms with E-state index in [0.717, 1.165) is 7.11 Å². The summed E-state index contributed by atoms with van der Waals surface area (Å²) in [6.45, 7) is 0. The van der Waals surface area contributed by atoms with Crippen LogP contribution >= 0.6 is 15.9 Å². The Balaban J connectivity index is 3.29. The van der Waals surface area contributed by atoms with Crippen LogP contribution in [-0.4, -0.2) is 24.4 Å². The fourth-order valence-electron chi connectivity index (χ4n) is 1.14. The molecule has 0 spiro atoms. The summed E-state index contributed by atoms with van der Waals surface area (Å²) in [6, 6.07) is 0.680. The maximum Gasteiger partial charge on any atom is 0.573 e. The van der Waals surface area contributed by atoms with Crippen molar-refractivity contribution in [1.82, 2.24) is 4.98 Å². The topological polar surface area (TPSA) is 68.4 Å². The zero-order valence-electron chi connectivity index (χ0n) is 8.93. The van der Waals surface area contributed by atoms with E-state index in [2.05, 4.69) is 30.4 Å². The van der Waals surface area contributed by atoms with Gasteiger partial charge in [-0.15, -0.1) is 13.2 Å². The molecule has 0 aliphatic heterocycles. The van der Waals surface area contributed by atoms with E-state index in [9.17, 15) is 22.8 Å². The third-order valence-electron chi connectivity index (χ3n) is 1.82. The number of carbonyl (C=O) groups excluding carboxylic acids is 1. The van der Waals surface area contributed by atoms with Crippen LogP contribution in [0.25, 0.3) is 0 Å². The first kappa shape index (κ1) is 14.6. The van der Waals surface area contributed by atoms with E-state index in [1.54, 1.807) is 0 Å². The van der Waals surface area contributed by atoms with Gasteiger partial charge < -0.3 is 14.5 Å². The molecule has 0 unspecified atom stereocenters. The molecule has 9 heteroatoms. The standard InChI is InChI=1S/C9H7BrF3NO4/c1-17-8(16)4-2-6(15)7(5(3-10)14-4)18-9(11,12)13/h2H,3H2,1H3,(H,14,15). The summed E-state index contributed by atoms with van der Waals surface area (Å²) in [4.78, 5) is 24.9. The number of nitrogens with one attached hydrogen (secondary N) is 1. The molecule has 0 amide bonds. The summed E-state index contributed by atoms with van der Waals surface area (Å²) >= 11 is 2.89. The number of pyridine rings is 1. The summed E-state index contributed by atoms with van der Waals surface area (Å²) in [7, 11) is 1.08. The van der Waals surface area contributed by atoms with Crippen LogP contribution in [0.5, 0.6) is 5.75 Å². The molecule has 1 aromatic heterocycles. The number of aromatic amines is 1. The second-order valence-corrected chi connectivity index (χ2v) is 3.59. The summed E-state index contributed by atoms with van der Waals surface area (Å²) < 4.78 is 44.2. The number of hydrogen-bond donors (Lipinski definition) is 1. The van der Waals surface area contributed by atoms with E-state index < -0.39 is 23.5 Å². The smallest absolute Gasteiger partial charge is 0.464 e. The Bertz CT molecular complexity index is 512. The molecule has 0 aromatic carbocycles. The van der Waals surface area contributed by atoms with Crippen LogP contribution < -0.4 is 10.2 Å². The lowest BCUT2D eigenvalue weighted by atomic mass is 10.3. The molecule has 0 aliphatic carbocycles. The monoisotopic (exact) mass is 329 g/mol. The highest BCUT2D eigenvalue weighted by atomic mass is 79.9. The van der Waals surface area contributed by atoms with Crippen molar-refractivity contribution in [2.24, 2.45) is 0 Å². The molecule has 1 aromatic rings. The quantitative estimate of drug-likeness (QED) is 0.680. The van der Waals surface area contributed by atoms with Gasteiger partial charge in [0.25, 0.3) is 0 Å². The summed E-state index contributed by atoms with van der Waals surface area (Å²) in [5, 5.41) is -0.127. The summed E-state index contributed by atoms with van der Waals surface area (Å²) in [5.41, 5.74) is -1.53. The molecule has 5 nitrogen and oxygen atoms in total. The van der Waals surface area contributed by atoms with Gasteiger partial charge in [-0.3, -0.25) is 4.79 Å². The number of esters is 1. The Morgan fingerprint density at radius 1 is 1.50 bits per heavy atom. The highest BCUT2D eigenvalue weighted by molar-refractivity contribution is 9.08. The van der Waals surface area contributed by atoms with Crippen molar-refractivity contribution in [3.63, 3.8) is 0 Å². The zero-order chi connectivity index (χ0) is 13.9. The fourth-order valence-corrected chi connectivity index (χ4v) is 1.54. The normalized spacial score (nSPS) is 11.2. The highest BCUT2D eigenvalue weighted by Crippen LogP contribution is 2.23. The number of hydrogen-bond acceptors (Lipinski definition) is 4. The number of alkyl halides is 4. The SMILES string of the molecule is COC(=O)c1cc(=O)c(OC(F)(F)F)c(CBr)[nH]1. The first-order chi connectivity index (χ1) is 8.28. The minimum atomic E-state index is -4.99. The predicted octanol–water partition coefficient (Wildman–Crippen LogP) is 1.95. The molecular formula is C9H7BrF3NO4. The van der Waals surface area contributed by atoms with Gasteiger partial charge in [0.15, 0.2) is 5.75 Å². The van der Waals surface area contributed by atoms with Crippen LogP contribution in [0.15, 0.2) is 10.9 Å². The van der Waals surface area contributed by atoms with Crippen LogP contribution in [0.3, 0.4) is 0 Å². The third-order valence-corrected chi connectivity index (χ3v) is 2.38. The van der Waals surface area contributed by atoms with E-state index in [0.29, 0.717) is 6.07 Å². The van der Waals surface area contributed by atoms with Gasteiger partial charge >= 0.3 is 12.3 Å². The second-order valence-electron chi connectivity index (χ2n) is 3.03. The molecule has 0 radical (unpaired) electrons. The van der Waals surface area contributed by atoms with Gasteiger partial charge in [-0.2, -0.15) is 0 Å². The molecule has 18 heavy (non-hydrogen) atoms. The molecule has 0 bridgehead atoms. The van der Waals surface area contributed by atoms with Crippen LogP contribution in [0, 0.1) is 0 Å². The summed E-state index contributed by atoms with van der Waals surface area (Å²) in [5.74, 6) is -1.78. The maximum atomic E-state index is 12.1. The average molecular weight is 330 g/mol. The Morgan fingerprint density at radius 3 is 2.56 bits per heavy atom. The van der Waals surface area contributed by atoms with Gasteiger partial charge in [0, 0.05) is 11.4 Å². The van der Waals surface area contributed by atoms with Crippen LogP contribution in [-0.2, 0) is 10.1 Å².